The zero-order valence-corrected chi connectivity index (χ0v) is 25.0. The van der Waals surface area contributed by atoms with E-state index in [4.69, 9.17) is 13.6 Å². The maximum atomic E-state index is 12.0. The largest absolute Gasteiger partial charge is 0.458 e. The minimum absolute atomic E-state index is 0.114. The molecule has 0 rings (SSSR count). The number of aliphatic imine (C=N–C) groups is 2. The van der Waals surface area contributed by atoms with Crippen LogP contribution in [0.15, 0.2) is 34.4 Å². The van der Waals surface area contributed by atoms with Crippen molar-refractivity contribution in [1.82, 2.24) is 0 Å². The second-order valence-corrected chi connectivity index (χ2v) is 21.1. The molecule has 0 fully saturated rings. The molecule has 0 bridgehead atoms. The number of nitrogens with zero attached hydrogens (tertiary/aromatic N) is 2. The highest BCUT2D eigenvalue weighted by Crippen LogP contribution is 2.38. The van der Waals surface area contributed by atoms with E-state index in [1.807, 2.05) is 0 Å². The quantitative estimate of drug-likeness (QED) is 0.0879. The summed E-state index contributed by atoms with van der Waals surface area (Å²) in [6.45, 7) is 28.2. The summed E-state index contributed by atoms with van der Waals surface area (Å²) < 4.78 is 17.5. The molecule has 0 saturated heterocycles. The molecule has 0 aliphatic rings. The molecule has 190 valence electrons. The predicted octanol–water partition coefficient (Wildman–Crippen LogP) is 7.33. The van der Waals surface area contributed by atoms with E-state index < -0.39 is 22.6 Å². The molecule has 0 spiro atoms. The fourth-order valence-electron chi connectivity index (χ4n) is 2.33. The van der Waals surface area contributed by atoms with Crippen LogP contribution in [-0.4, -0.2) is 48.1 Å². The Bertz CT molecular complexity index is 726. The highest BCUT2D eigenvalue weighted by Gasteiger charge is 2.38. The molecule has 33 heavy (non-hydrogen) atoms. The third-order valence-electron chi connectivity index (χ3n) is 6.53. The normalized spacial score (nSPS) is 14.3. The van der Waals surface area contributed by atoms with Crippen molar-refractivity contribution in [1.29, 1.82) is 0 Å². The van der Waals surface area contributed by atoms with E-state index in [-0.39, 0.29) is 29.5 Å². The van der Waals surface area contributed by atoms with Gasteiger partial charge in [0, 0.05) is 12.2 Å². The van der Waals surface area contributed by atoms with Crippen LogP contribution in [0.3, 0.4) is 0 Å². The van der Waals surface area contributed by atoms with Crippen LogP contribution in [0.2, 0.25) is 36.3 Å². The third kappa shape index (κ3) is 12.6. The van der Waals surface area contributed by atoms with Crippen LogP contribution in [-0.2, 0) is 18.4 Å². The molecule has 0 unspecified atom stereocenters. The van der Waals surface area contributed by atoms with Crippen molar-refractivity contribution in [2.75, 3.05) is 13.3 Å². The summed E-state index contributed by atoms with van der Waals surface area (Å²) in [6, 6.07) is 2.69. The van der Waals surface area contributed by atoms with Gasteiger partial charge in [0.15, 0.2) is 16.6 Å². The van der Waals surface area contributed by atoms with Gasteiger partial charge in [-0.2, -0.15) is 9.98 Å². The lowest BCUT2D eigenvalue weighted by atomic mass is 10.1. The number of ether oxygens (including phenoxy) is 1. The van der Waals surface area contributed by atoms with E-state index in [0.29, 0.717) is 12.1 Å². The SMILES string of the molecule is C=CCOC(=O)/C=C(/CCC[C@@H](C)O[Si](C)(C)C(C)(C)C)N=C=NCO[Si](C)(C)C(C)(C)C. The van der Waals surface area contributed by atoms with Crippen LogP contribution >= 0.6 is 0 Å². The van der Waals surface area contributed by atoms with Crippen molar-refractivity contribution in [3.05, 3.63) is 24.4 Å². The lowest BCUT2D eigenvalue weighted by Gasteiger charge is -2.38. The van der Waals surface area contributed by atoms with Gasteiger partial charge in [-0.05, 0) is 62.5 Å². The van der Waals surface area contributed by atoms with Crippen LogP contribution in [0.5, 0.6) is 0 Å². The number of rotatable bonds is 13. The number of esters is 1. The van der Waals surface area contributed by atoms with E-state index in [1.54, 1.807) is 0 Å². The van der Waals surface area contributed by atoms with Crippen LogP contribution in [0.4, 0.5) is 0 Å². The van der Waals surface area contributed by atoms with Crippen molar-refractivity contribution in [3.63, 3.8) is 0 Å². The Labute approximate surface area is 204 Å². The first-order valence-corrected chi connectivity index (χ1v) is 17.7. The maximum Gasteiger partial charge on any atom is 0.332 e. The van der Waals surface area contributed by atoms with Crippen molar-refractivity contribution < 1.29 is 18.4 Å². The summed E-state index contributed by atoms with van der Waals surface area (Å²) in [5.74, 6) is -0.446. The molecule has 0 N–H and O–H groups in total. The highest BCUT2D eigenvalue weighted by atomic mass is 28.4. The van der Waals surface area contributed by atoms with Gasteiger partial charge in [0.1, 0.15) is 13.3 Å². The topological polar surface area (TPSA) is 69.5 Å². The molecule has 0 radical (unpaired) electrons. The Morgan fingerprint density at radius 3 is 2.15 bits per heavy atom. The van der Waals surface area contributed by atoms with Gasteiger partial charge in [0.2, 0.25) is 0 Å². The first-order chi connectivity index (χ1) is 14.9. The Hall–Kier alpha value is -1.32. The molecule has 0 amide bonds. The van der Waals surface area contributed by atoms with Gasteiger partial charge in [0.25, 0.3) is 0 Å². The zero-order chi connectivity index (χ0) is 25.9. The first-order valence-electron chi connectivity index (χ1n) is 11.8. The molecule has 0 aromatic heterocycles. The van der Waals surface area contributed by atoms with E-state index in [1.165, 1.54) is 12.2 Å². The number of carbonyl (C=O) groups excluding carboxylic acids is 1. The zero-order valence-electron chi connectivity index (χ0n) is 23.0. The molecular formula is C25H48N2O4Si2. The summed E-state index contributed by atoms with van der Waals surface area (Å²) >= 11 is 0. The van der Waals surface area contributed by atoms with Gasteiger partial charge in [-0.3, -0.25) is 0 Å². The Balaban J connectivity index is 5.09. The van der Waals surface area contributed by atoms with E-state index in [2.05, 4.69) is 97.2 Å². The summed E-state index contributed by atoms with van der Waals surface area (Å²) in [6.07, 6.45) is 5.42. The summed E-state index contributed by atoms with van der Waals surface area (Å²) in [4.78, 5) is 20.5. The van der Waals surface area contributed by atoms with E-state index in [0.717, 1.165) is 12.8 Å². The van der Waals surface area contributed by atoms with Gasteiger partial charge in [-0.15, -0.1) is 0 Å². The van der Waals surface area contributed by atoms with E-state index >= 15 is 0 Å². The number of allylic oxidation sites excluding steroid dienone is 1. The number of hydrogen-bond acceptors (Lipinski definition) is 6. The molecule has 0 aromatic rings. The second-order valence-electron chi connectivity index (χ2n) is 11.5. The highest BCUT2D eigenvalue weighted by molar-refractivity contribution is 6.74. The fourth-order valence-corrected chi connectivity index (χ4v) is 4.62. The molecule has 0 aliphatic carbocycles. The fraction of sp³-hybridized carbons (Fsp3) is 0.760. The minimum Gasteiger partial charge on any atom is -0.458 e. The molecule has 0 saturated carbocycles. The predicted molar refractivity (Wildman–Crippen MR) is 144 cm³/mol. The monoisotopic (exact) mass is 496 g/mol. The average molecular weight is 497 g/mol. The molecule has 0 aromatic carbocycles. The Morgan fingerprint density at radius 2 is 1.64 bits per heavy atom. The van der Waals surface area contributed by atoms with E-state index in [9.17, 15) is 4.79 Å². The molecule has 8 heteroatoms. The van der Waals surface area contributed by atoms with Crippen LogP contribution in [0.1, 0.15) is 67.7 Å². The number of hydrogen-bond donors (Lipinski definition) is 0. The van der Waals surface area contributed by atoms with Gasteiger partial charge >= 0.3 is 5.97 Å². The third-order valence-corrected chi connectivity index (χ3v) is 15.6. The lowest BCUT2D eigenvalue weighted by molar-refractivity contribution is -0.136. The number of carbonyl (C=O) groups is 1. The Kier molecular flexibility index (Phi) is 13.0. The Morgan fingerprint density at radius 1 is 1.06 bits per heavy atom. The van der Waals surface area contributed by atoms with Crippen LogP contribution in [0, 0.1) is 0 Å². The van der Waals surface area contributed by atoms with Crippen molar-refractivity contribution >= 4 is 28.6 Å². The first kappa shape index (κ1) is 31.7. The standard InChI is InChI=1S/C25H48N2O4Si2/c1-13-17-29-23(28)18-22(27-19-26-20-30-32(9,10)24(3,4)5)16-14-15-21(2)31-33(11,12)25(6,7)8/h13,18,21H,1,14-17,20H2,2-12H3/b22-18-/t21-/m1/s1. The van der Waals surface area contributed by atoms with Gasteiger partial charge < -0.3 is 13.6 Å². The molecule has 1 atom stereocenters. The molecule has 0 aliphatic heterocycles. The summed E-state index contributed by atoms with van der Waals surface area (Å²) in [5.41, 5.74) is 0.583. The van der Waals surface area contributed by atoms with Crippen LogP contribution in [0.25, 0.3) is 0 Å². The van der Waals surface area contributed by atoms with Gasteiger partial charge in [-0.1, -0.05) is 54.2 Å². The van der Waals surface area contributed by atoms with Crippen molar-refractivity contribution in [3.8, 4) is 0 Å². The smallest absolute Gasteiger partial charge is 0.332 e. The van der Waals surface area contributed by atoms with Crippen molar-refractivity contribution in [2.45, 2.75) is 110 Å². The summed E-state index contributed by atoms with van der Waals surface area (Å²) in [5, 5.41) is 0.289. The second kappa shape index (κ2) is 13.5. The van der Waals surface area contributed by atoms with Gasteiger partial charge in [-0.25, -0.2) is 4.79 Å². The average Bonchev–Trinajstić information content (AvgIpc) is 2.63. The lowest BCUT2D eigenvalue weighted by Crippen LogP contribution is -2.43. The summed E-state index contributed by atoms with van der Waals surface area (Å²) in [7, 11) is -3.68. The maximum absolute atomic E-state index is 12.0. The minimum atomic E-state index is -1.87. The molecule has 0 heterocycles. The molecule has 6 nitrogen and oxygen atoms in total. The molecular weight excluding hydrogens is 448 g/mol. The van der Waals surface area contributed by atoms with Gasteiger partial charge in [0.05, 0.1) is 11.7 Å². The van der Waals surface area contributed by atoms with Crippen molar-refractivity contribution in [2.24, 2.45) is 9.98 Å². The van der Waals surface area contributed by atoms with Crippen LogP contribution < -0.4 is 0 Å².